The summed E-state index contributed by atoms with van der Waals surface area (Å²) in [7, 11) is 1.75. The molecule has 1 saturated heterocycles. The lowest BCUT2D eigenvalue weighted by Crippen LogP contribution is -2.51. The van der Waals surface area contributed by atoms with E-state index in [1.807, 2.05) is 48.5 Å². The van der Waals surface area contributed by atoms with Crippen LogP contribution < -0.4 is 10.6 Å². The topological polar surface area (TPSA) is 275 Å². The fourth-order valence-electron chi connectivity index (χ4n) is 10.8. The van der Waals surface area contributed by atoms with Crippen LogP contribution in [0, 0.1) is 29.6 Å². The minimum absolute atomic E-state index is 0.00632. The number of anilines is 1. The molecule has 0 unspecified atom stereocenters. The van der Waals surface area contributed by atoms with Crippen molar-refractivity contribution in [1.82, 2.24) is 25.0 Å². The predicted octanol–water partition coefficient (Wildman–Crippen LogP) is 8.59. The number of hydrogen-bond donors (Lipinski definition) is 3. The van der Waals surface area contributed by atoms with Gasteiger partial charge in [-0.05, 0) is 95.0 Å². The van der Waals surface area contributed by atoms with Gasteiger partial charge in [0.2, 0.25) is 11.8 Å². The number of ether oxygens (including phenoxy) is 4. The monoisotopic (exact) mass is 1230 g/mol. The first kappa shape index (κ1) is 73.4. The molecule has 7 atom stereocenters. The lowest BCUT2D eigenvalue weighted by Gasteiger charge is -2.38. The molecule has 1 fully saturated rings. The quantitative estimate of drug-likeness (QED) is 0.0243. The maximum atomic E-state index is 14.5. The summed E-state index contributed by atoms with van der Waals surface area (Å²) < 4.78 is 22.4. The zero-order valence-electron chi connectivity index (χ0n) is 53.4. The van der Waals surface area contributed by atoms with E-state index in [0.717, 1.165) is 37.3 Å². The van der Waals surface area contributed by atoms with Crippen molar-refractivity contribution in [3.05, 3.63) is 52.0 Å². The first-order valence-corrected chi connectivity index (χ1v) is 32.1. The van der Waals surface area contributed by atoms with Crippen molar-refractivity contribution >= 4 is 75.7 Å². The van der Waals surface area contributed by atoms with Crippen molar-refractivity contribution < 1.29 is 72.0 Å². The molecule has 21 nitrogen and oxygen atoms in total. The van der Waals surface area contributed by atoms with Gasteiger partial charge in [0.05, 0.1) is 44.3 Å². The number of nitrogens with one attached hydrogen (secondary N) is 2. The average Bonchev–Trinajstić information content (AvgIpc) is 2.22. The van der Waals surface area contributed by atoms with Crippen molar-refractivity contribution in [1.29, 1.82) is 0 Å². The molecule has 484 valence electrons. The van der Waals surface area contributed by atoms with Gasteiger partial charge in [-0.2, -0.15) is 0 Å². The molecule has 0 aliphatic carbocycles. The Kier molecular flexibility index (Phi) is 31.3. The van der Waals surface area contributed by atoms with Crippen molar-refractivity contribution in [2.45, 2.75) is 189 Å². The van der Waals surface area contributed by atoms with Gasteiger partial charge in [0.1, 0.15) is 33.8 Å². The molecule has 22 heteroatoms. The van der Waals surface area contributed by atoms with E-state index < -0.39 is 53.2 Å². The fraction of sp³-hybridized carbons (Fsp3) is 0.677. The minimum atomic E-state index is -0.869. The molecule has 3 N–H and O–H groups in total. The van der Waals surface area contributed by atoms with Crippen molar-refractivity contribution in [3.8, 4) is 5.75 Å². The van der Waals surface area contributed by atoms with Gasteiger partial charge in [-0.1, -0.05) is 67.4 Å². The molecule has 2 aliphatic rings. The van der Waals surface area contributed by atoms with Crippen LogP contribution in [0.1, 0.15) is 186 Å². The van der Waals surface area contributed by atoms with E-state index in [-0.39, 0.29) is 141 Å². The first-order valence-electron chi connectivity index (χ1n) is 31.2. The molecule has 0 spiro atoms. The lowest BCUT2D eigenvalue weighted by molar-refractivity contribution is -0.150. The number of benzene rings is 1. The first-order chi connectivity index (χ1) is 41.3. The number of nitrogens with zero attached hydrogens (tertiary/aromatic N) is 4. The summed E-state index contributed by atoms with van der Waals surface area (Å²) in [6, 6.07) is 4.00. The third-order valence-electron chi connectivity index (χ3n) is 16.6. The zero-order chi connectivity index (χ0) is 64.4. The number of aromatic nitrogens is 1. The Labute approximate surface area is 518 Å². The van der Waals surface area contributed by atoms with E-state index in [1.165, 1.54) is 36.5 Å². The number of likely N-dealkylation sites (tertiary alicyclic amines) is 1. The highest BCUT2D eigenvalue weighted by atomic mass is 32.1. The summed E-state index contributed by atoms with van der Waals surface area (Å²) >= 11 is 1.18. The Hall–Kier alpha value is -6.07. The average molecular weight is 1240 g/mol. The highest BCUT2D eigenvalue weighted by Crippen LogP contribution is 2.34. The van der Waals surface area contributed by atoms with Gasteiger partial charge in [0, 0.05) is 119 Å². The number of imide groups is 1. The summed E-state index contributed by atoms with van der Waals surface area (Å²) in [5.41, 5.74) is 0.294. The molecule has 4 rings (SSSR count). The predicted molar refractivity (Wildman–Crippen MR) is 331 cm³/mol. The van der Waals surface area contributed by atoms with Crippen molar-refractivity contribution in [2.75, 3.05) is 71.6 Å². The number of amides is 5. The Bertz CT molecular complexity index is 2650. The zero-order valence-corrected chi connectivity index (χ0v) is 54.2. The molecule has 3 heterocycles. The van der Waals surface area contributed by atoms with Crippen LogP contribution in [0.15, 0.2) is 35.7 Å². The Balaban J connectivity index is 1.21. The number of thiazole rings is 1. The normalized spacial score (nSPS) is 16.1. The van der Waals surface area contributed by atoms with Crippen LogP contribution >= 0.6 is 11.3 Å². The molecule has 5 amide bonds. The van der Waals surface area contributed by atoms with Gasteiger partial charge in [0.15, 0.2) is 11.9 Å². The van der Waals surface area contributed by atoms with E-state index >= 15 is 0 Å². The standard InChI is InChI=1S/C65H98N6O15S/c1-12-18-48(66-62(81)53-41-87-63(68-53)57(86-46(8)72)40-54(42(3)4)69(11)64(82)51(43(5)13-2)39-58(77)65(9,10)70-26-14-15-27-70)37-47-21-22-55(75)52(38-47)67-61(80)45(7)36-56(76)44(6)35-50(74)25-30-84-32-34-85-33-31-83-29-17-20-49(73)19-16-28-71-59(78)23-24-60(71)79/h21-24,38,41-45,48,51,54,57,75H,12-20,25-37,39-40H2,1-11H3,(H,66,81)(H,67,80)/t43-,44+,45+,48+,51-,54+,57+/m0/s1. The summed E-state index contributed by atoms with van der Waals surface area (Å²) in [4.78, 5) is 139. The van der Waals surface area contributed by atoms with Crippen LogP contribution in [-0.4, -0.2) is 167 Å². The second-order valence-corrected chi connectivity index (χ2v) is 25.1. The fourth-order valence-corrected chi connectivity index (χ4v) is 11.7. The summed E-state index contributed by atoms with van der Waals surface area (Å²) in [6.07, 6.45) is 7.95. The summed E-state index contributed by atoms with van der Waals surface area (Å²) in [5, 5.41) is 18.6. The van der Waals surface area contributed by atoms with Gasteiger partial charge in [0.25, 0.3) is 17.7 Å². The highest BCUT2D eigenvalue weighted by Gasteiger charge is 2.41. The highest BCUT2D eigenvalue weighted by molar-refractivity contribution is 7.09. The van der Waals surface area contributed by atoms with Crippen molar-refractivity contribution in [2.24, 2.45) is 29.6 Å². The van der Waals surface area contributed by atoms with Gasteiger partial charge in [-0.25, -0.2) is 4.98 Å². The maximum absolute atomic E-state index is 14.5. The number of aromatic hydroxyl groups is 1. The Morgan fingerprint density at radius 2 is 1.44 bits per heavy atom. The van der Waals surface area contributed by atoms with Gasteiger partial charge in [-0.3, -0.25) is 57.7 Å². The molecule has 87 heavy (non-hydrogen) atoms. The van der Waals surface area contributed by atoms with Crippen LogP contribution in [0.25, 0.3) is 0 Å². The SMILES string of the molecule is CCC[C@H](Cc1ccc(O)c(NC(=O)[C@H](C)CC(=O)[C@H](C)CC(=O)CCOCCOCCOCCCC(=O)CCCN2C(=O)C=CC2=O)c1)NC(=O)c1csc([C@@H](C[C@H](C(C)C)N(C)C(=O)[C@@H](CC(=O)C(C)(C)N2CCCC2)[C@@H](C)CC)OC(C)=O)n1. The van der Waals surface area contributed by atoms with Gasteiger partial charge < -0.3 is 39.6 Å². The number of hydrogen-bond acceptors (Lipinski definition) is 18. The van der Waals surface area contributed by atoms with E-state index in [1.54, 1.807) is 43.3 Å². The molecular formula is C65H98N6O15S. The van der Waals surface area contributed by atoms with Gasteiger partial charge >= 0.3 is 5.97 Å². The summed E-state index contributed by atoms with van der Waals surface area (Å²) in [6.45, 7) is 22.2. The molecule has 0 radical (unpaired) electrons. The molecule has 0 bridgehead atoms. The van der Waals surface area contributed by atoms with Crippen LogP contribution in [0.5, 0.6) is 5.75 Å². The van der Waals surface area contributed by atoms with Crippen molar-refractivity contribution in [3.63, 3.8) is 0 Å². The van der Waals surface area contributed by atoms with Crippen LogP contribution in [0.3, 0.4) is 0 Å². The molecule has 1 aromatic carbocycles. The molecule has 2 aliphatic heterocycles. The summed E-state index contributed by atoms with van der Waals surface area (Å²) in [5.74, 6) is -4.91. The maximum Gasteiger partial charge on any atom is 0.303 e. The molecular weight excluding hydrogens is 1140 g/mol. The molecule has 0 saturated carbocycles. The second kappa shape index (κ2) is 37.1. The lowest BCUT2D eigenvalue weighted by atomic mass is 9.81. The smallest absolute Gasteiger partial charge is 0.303 e. The number of phenols is 1. The number of ketones is 4. The van der Waals surface area contributed by atoms with Crippen LogP contribution in [0.2, 0.25) is 0 Å². The largest absolute Gasteiger partial charge is 0.506 e. The number of rotatable bonds is 43. The number of carbonyl (C=O) groups excluding carboxylic acids is 10. The van der Waals surface area contributed by atoms with E-state index in [0.29, 0.717) is 68.9 Å². The number of carbonyl (C=O) groups is 10. The second-order valence-electron chi connectivity index (χ2n) is 24.3. The van der Waals surface area contributed by atoms with Crippen LogP contribution in [-0.2, 0) is 68.5 Å². The third-order valence-corrected chi connectivity index (χ3v) is 17.5. The Morgan fingerprint density at radius 1 is 0.805 bits per heavy atom. The minimum Gasteiger partial charge on any atom is -0.506 e. The van der Waals surface area contributed by atoms with Crippen LogP contribution in [0.4, 0.5) is 5.69 Å². The number of esters is 1. The van der Waals surface area contributed by atoms with Gasteiger partial charge in [-0.15, -0.1) is 11.3 Å². The number of phenolic OH excluding ortho intramolecular Hbond substituents is 1. The molecule has 2 aromatic rings. The number of Topliss-reactive ketones (excluding diaryl/α,β-unsaturated/α-hetero) is 4. The molecule has 1 aromatic heterocycles. The van der Waals surface area contributed by atoms with E-state index in [2.05, 4.69) is 20.5 Å². The van der Waals surface area contributed by atoms with E-state index in [4.69, 9.17) is 18.9 Å². The third kappa shape index (κ3) is 24.1. The van der Waals surface area contributed by atoms with E-state index in [9.17, 15) is 53.1 Å². The Morgan fingerprint density at radius 3 is 2.06 bits per heavy atom.